The molecule has 0 bridgehead atoms. The van der Waals surface area contributed by atoms with Gasteiger partial charge in [-0.15, -0.1) is 0 Å². The lowest BCUT2D eigenvalue weighted by Gasteiger charge is -2.21. The molecule has 0 amide bonds. The zero-order chi connectivity index (χ0) is 21.0. The number of imidazole rings is 1. The molecule has 0 unspecified atom stereocenters. The highest BCUT2D eigenvalue weighted by Crippen LogP contribution is 2.38. The zero-order valence-electron chi connectivity index (χ0n) is 16.6. The second kappa shape index (κ2) is 6.88. The van der Waals surface area contributed by atoms with Gasteiger partial charge in [-0.05, 0) is 12.1 Å². The number of rotatable bonds is 3. The van der Waals surface area contributed by atoms with Crippen molar-refractivity contribution in [2.75, 3.05) is 0 Å². The standard InChI is InChI=1S/C20H19BF2N6S/c1-20(22,23)15-8-13(7-14-9-28(2)26-17(14)15)18-27-29-10-16(25-19(29)30-18)12-3-5-21(11-24)6-4-12/h7-10,12H,3-6H2,1-2H3. The Kier molecular flexibility index (Phi) is 4.40. The lowest BCUT2D eigenvalue weighted by Crippen LogP contribution is -2.19. The van der Waals surface area contributed by atoms with Crippen molar-refractivity contribution in [1.82, 2.24) is 24.4 Å². The summed E-state index contributed by atoms with van der Waals surface area (Å²) in [6.45, 7) is 1.05. The van der Waals surface area contributed by atoms with Crippen LogP contribution in [0.3, 0.4) is 0 Å². The molecule has 5 rings (SSSR count). The van der Waals surface area contributed by atoms with Gasteiger partial charge in [0.25, 0.3) is 12.6 Å². The SMILES string of the molecule is Cn1cc2cc(-c3nn4cc(C5CCB(C#N)CC5)nc4s3)cc(C(C)(F)F)c2n1. The third-order valence-electron chi connectivity index (χ3n) is 5.83. The first-order valence-corrected chi connectivity index (χ1v) is 10.8. The summed E-state index contributed by atoms with van der Waals surface area (Å²) >= 11 is 1.39. The Hall–Kier alpha value is -2.80. The molecule has 1 aliphatic heterocycles. The average Bonchev–Trinajstić information content (AvgIpc) is 3.38. The first-order valence-electron chi connectivity index (χ1n) is 9.93. The molecule has 1 aliphatic rings. The first-order chi connectivity index (χ1) is 14.3. The first kappa shape index (κ1) is 19.2. The molecule has 10 heteroatoms. The van der Waals surface area contributed by atoms with E-state index in [0.717, 1.165) is 43.1 Å². The highest BCUT2D eigenvalue weighted by atomic mass is 32.1. The highest BCUT2D eigenvalue weighted by Gasteiger charge is 2.30. The van der Waals surface area contributed by atoms with E-state index in [1.54, 1.807) is 22.4 Å². The van der Waals surface area contributed by atoms with Crippen molar-refractivity contribution in [2.45, 2.75) is 44.2 Å². The fraction of sp³-hybridized carbons (Fsp3) is 0.400. The van der Waals surface area contributed by atoms with Crippen molar-refractivity contribution in [3.8, 4) is 16.5 Å². The fourth-order valence-electron chi connectivity index (χ4n) is 4.26. The maximum atomic E-state index is 14.2. The predicted molar refractivity (Wildman–Crippen MR) is 113 cm³/mol. The molecular formula is C20H19BF2N6S. The summed E-state index contributed by atoms with van der Waals surface area (Å²) in [6.07, 6.45) is 7.41. The minimum atomic E-state index is -3.00. The Balaban J connectivity index is 1.50. The molecule has 0 atom stereocenters. The van der Waals surface area contributed by atoms with Crippen LogP contribution in [0.2, 0.25) is 12.6 Å². The molecule has 4 heterocycles. The van der Waals surface area contributed by atoms with Crippen molar-refractivity contribution in [2.24, 2.45) is 7.05 Å². The van der Waals surface area contributed by atoms with Gasteiger partial charge in [0.05, 0.1) is 11.9 Å². The molecule has 0 radical (unpaired) electrons. The molecule has 0 spiro atoms. The number of benzene rings is 1. The Morgan fingerprint density at radius 1 is 1.23 bits per heavy atom. The van der Waals surface area contributed by atoms with Crippen LogP contribution in [0.15, 0.2) is 24.5 Å². The summed E-state index contributed by atoms with van der Waals surface area (Å²) in [5.74, 6) is -0.296. The molecule has 6 nitrogen and oxygen atoms in total. The van der Waals surface area contributed by atoms with Gasteiger partial charge in [0, 0.05) is 48.6 Å². The van der Waals surface area contributed by atoms with E-state index in [-0.39, 0.29) is 12.3 Å². The molecule has 1 aromatic carbocycles. The summed E-state index contributed by atoms with van der Waals surface area (Å²) in [4.78, 5) is 5.49. The highest BCUT2D eigenvalue weighted by molar-refractivity contribution is 7.19. The zero-order valence-corrected chi connectivity index (χ0v) is 17.5. The molecule has 1 fully saturated rings. The van der Waals surface area contributed by atoms with Crippen LogP contribution in [0.25, 0.3) is 26.4 Å². The van der Waals surface area contributed by atoms with Crippen molar-refractivity contribution in [1.29, 1.82) is 5.26 Å². The lowest BCUT2D eigenvalue weighted by molar-refractivity contribution is 0.0189. The van der Waals surface area contributed by atoms with Gasteiger partial charge in [0.1, 0.15) is 10.5 Å². The van der Waals surface area contributed by atoms with Crippen molar-refractivity contribution in [3.63, 3.8) is 0 Å². The van der Waals surface area contributed by atoms with Gasteiger partial charge in [-0.1, -0.05) is 36.8 Å². The number of halogens is 2. The van der Waals surface area contributed by atoms with Gasteiger partial charge in [0.2, 0.25) is 4.96 Å². The molecule has 1 saturated heterocycles. The van der Waals surface area contributed by atoms with Crippen LogP contribution < -0.4 is 0 Å². The Bertz CT molecular complexity index is 1260. The topological polar surface area (TPSA) is 71.8 Å². The summed E-state index contributed by atoms with van der Waals surface area (Å²) in [5, 5.41) is 19.2. The lowest BCUT2D eigenvalue weighted by atomic mass is 9.41. The Morgan fingerprint density at radius 2 is 2.00 bits per heavy atom. The average molecular weight is 424 g/mol. The van der Waals surface area contributed by atoms with Gasteiger partial charge < -0.3 is 0 Å². The van der Waals surface area contributed by atoms with Gasteiger partial charge in [-0.2, -0.15) is 10.2 Å². The molecule has 0 saturated carbocycles. The molecule has 30 heavy (non-hydrogen) atoms. The second-order valence-corrected chi connectivity index (χ2v) is 9.09. The van der Waals surface area contributed by atoms with E-state index in [1.807, 2.05) is 12.3 Å². The van der Waals surface area contributed by atoms with Gasteiger partial charge in [-0.25, -0.2) is 23.5 Å². The smallest absolute Gasteiger partial charge is 0.272 e. The van der Waals surface area contributed by atoms with E-state index in [9.17, 15) is 8.78 Å². The Labute approximate surface area is 176 Å². The number of fused-ring (bicyclic) bond motifs is 2. The van der Waals surface area contributed by atoms with Gasteiger partial charge in [0.15, 0.2) is 0 Å². The van der Waals surface area contributed by atoms with E-state index in [2.05, 4.69) is 16.2 Å². The van der Waals surface area contributed by atoms with Crippen molar-refractivity contribution >= 4 is 33.9 Å². The number of alkyl halides is 2. The number of hydrogen-bond acceptors (Lipinski definition) is 5. The normalized spacial score (nSPS) is 15.9. The third kappa shape index (κ3) is 3.27. The fourth-order valence-corrected chi connectivity index (χ4v) is 5.14. The largest absolute Gasteiger partial charge is 0.275 e. The van der Waals surface area contributed by atoms with Crippen LogP contribution >= 0.6 is 11.3 Å². The number of nitriles is 1. The monoisotopic (exact) mass is 424 g/mol. The molecule has 4 aromatic rings. The summed E-state index contributed by atoms with van der Waals surface area (Å²) in [6, 6.07) is 3.33. The van der Waals surface area contributed by atoms with Crippen LogP contribution in [0.1, 0.15) is 36.9 Å². The van der Waals surface area contributed by atoms with Gasteiger partial charge in [-0.3, -0.25) is 4.68 Å². The van der Waals surface area contributed by atoms with Crippen LogP contribution in [0.5, 0.6) is 0 Å². The molecular weight excluding hydrogens is 405 g/mol. The third-order valence-corrected chi connectivity index (χ3v) is 6.80. The summed E-state index contributed by atoms with van der Waals surface area (Å²) < 4.78 is 31.8. The number of aryl methyl sites for hydroxylation is 1. The summed E-state index contributed by atoms with van der Waals surface area (Å²) in [5.41, 5.74) is 1.85. The van der Waals surface area contributed by atoms with E-state index < -0.39 is 5.92 Å². The Morgan fingerprint density at radius 3 is 2.67 bits per heavy atom. The number of nitrogens with zero attached hydrogens (tertiary/aromatic N) is 6. The maximum absolute atomic E-state index is 14.2. The van der Waals surface area contributed by atoms with Crippen molar-refractivity contribution < 1.29 is 8.78 Å². The maximum Gasteiger partial charge on any atom is 0.272 e. The van der Waals surface area contributed by atoms with Crippen LogP contribution in [0, 0.1) is 11.2 Å². The molecule has 3 aromatic heterocycles. The molecule has 0 aliphatic carbocycles. The summed E-state index contributed by atoms with van der Waals surface area (Å²) in [7, 11) is 1.72. The number of aromatic nitrogens is 5. The van der Waals surface area contributed by atoms with Crippen LogP contribution in [0.4, 0.5) is 8.78 Å². The quantitative estimate of drug-likeness (QED) is 0.439. The van der Waals surface area contributed by atoms with E-state index in [1.165, 1.54) is 17.4 Å². The molecule has 0 N–H and O–H groups in total. The minimum absolute atomic E-state index is 0.0987. The van der Waals surface area contributed by atoms with Crippen LogP contribution in [-0.2, 0) is 13.0 Å². The van der Waals surface area contributed by atoms with E-state index in [0.29, 0.717) is 27.4 Å². The second-order valence-electron chi connectivity index (χ2n) is 8.13. The van der Waals surface area contributed by atoms with Gasteiger partial charge >= 0.3 is 0 Å². The van der Waals surface area contributed by atoms with E-state index in [4.69, 9.17) is 10.2 Å². The molecule has 152 valence electrons. The van der Waals surface area contributed by atoms with E-state index >= 15 is 0 Å². The predicted octanol–water partition coefficient (Wildman–Crippen LogP) is 4.89. The van der Waals surface area contributed by atoms with Crippen LogP contribution in [-0.4, -0.2) is 31.1 Å². The van der Waals surface area contributed by atoms with Crippen molar-refractivity contribution in [3.05, 3.63) is 35.8 Å². The minimum Gasteiger partial charge on any atom is -0.275 e. The number of hydrogen-bond donors (Lipinski definition) is 0.